The highest BCUT2D eigenvalue weighted by molar-refractivity contribution is 5.42. The summed E-state index contributed by atoms with van der Waals surface area (Å²) in [6.45, 7) is 4.79. The van der Waals surface area contributed by atoms with Gasteiger partial charge in [-0.15, -0.1) is 0 Å². The molecule has 0 saturated heterocycles. The van der Waals surface area contributed by atoms with Crippen molar-refractivity contribution in [2.24, 2.45) is 0 Å². The van der Waals surface area contributed by atoms with Gasteiger partial charge in [-0.25, -0.2) is 4.98 Å². The van der Waals surface area contributed by atoms with Gasteiger partial charge in [0.2, 0.25) is 0 Å². The molecule has 0 aliphatic carbocycles. The van der Waals surface area contributed by atoms with Gasteiger partial charge in [0.05, 0.1) is 5.60 Å². The van der Waals surface area contributed by atoms with E-state index in [1.165, 1.54) is 0 Å². The Morgan fingerprint density at radius 1 is 1.56 bits per heavy atom. The number of nitrogens with one attached hydrogen (secondary N) is 1. The normalized spacial score (nSPS) is 14.5. The summed E-state index contributed by atoms with van der Waals surface area (Å²) in [6, 6.07) is 3.88. The van der Waals surface area contributed by atoms with Crippen molar-refractivity contribution in [2.75, 3.05) is 25.6 Å². The second-order valence-corrected chi connectivity index (χ2v) is 4.26. The molecule has 0 amide bonds. The molecule has 16 heavy (non-hydrogen) atoms. The Balaban J connectivity index is 2.47. The lowest BCUT2D eigenvalue weighted by atomic mass is 10.0. The van der Waals surface area contributed by atoms with Gasteiger partial charge in [-0.2, -0.15) is 0 Å². The minimum Gasteiger partial charge on any atom is -0.388 e. The monoisotopic (exact) mass is 224 g/mol. The molecule has 1 atom stereocenters. The maximum absolute atomic E-state index is 10.0. The highest BCUT2D eigenvalue weighted by Gasteiger charge is 2.19. The standard InChI is InChI=1S/C12H20N2O2/c1-10-5-4-7-13-11(10)14-9-12(2,15)6-8-16-3/h4-5,7,15H,6,8-9H2,1-3H3,(H,13,14). The number of anilines is 1. The van der Waals surface area contributed by atoms with Gasteiger partial charge in [0.15, 0.2) is 0 Å². The van der Waals surface area contributed by atoms with Gasteiger partial charge in [-0.1, -0.05) is 6.07 Å². The smallest absolute Gasteiger partial charge is 0.128 e. The van der Waals surface area contributed by atoms with Crippen LogP contribution in [-0.4, -0.2) is 36.0 Å². The number of ether oxygens (including phenoxy) is 1. The van der Waals surface area contributed by atoms with Crippen molar-refractivity contribution in [3.05, 3.63) is 23.9 Å². The van der Waals surface area contributed by atoms with Crippen molar-refractivity contribution in [1.82, 2.24) is 4.98 Å². The van der Waals surface area contributed by atoms with Crippen LogP contribution >= 0.6 is 0 Å². The molecule has 4 heteroatoms. The summed E-state index contributed by atoms with van der Waals surface area (Å²) >= 11 is 0. The maximum Gasteiger partial charge on any atom is 0.128 e. The molecule has 0 spiro atoms. The van der Waals surface area contributed by atoms with Gasteiger partial charge >= 0.3 is 0 Å². The summed E-state index contributed by atoms with van der Waals surface area (Å²) in [6.07, 6.45) is 2.33. The lowest BCUT2D eigenvalue weighted by Crippen LogP contribution is -2.35. The molecule has 2 N–H and O–H groups in total. The van der Waals surface area contributed by atoms with Crippen LogP contribution in [0.4, 0.5) is 5.82 Å². The first-order valence-electron chi connectivity index (χ1n) is 5.42. The third-order valence-corrected chi connectivity index (χ3v) is 2.49. The van der Waals surface area contributed by atoms with Crippen molar-refractivity contribution in [3.63, 3.8) is 0 Å². The molecule has 1 aromatic heterocycles. The topological polar surface area (TPSA) is 54.4 Å². The number of rotatable bonds is 6. The predicted octanol–water partition coefficient (Wildman–Crippen LogP) is 1.59. The van der Waals surface area contributed by atoms with E-state index < -0.39 is 5.60 Å². The molecule has 0 radical (unpaired) electrons. The van der Waals surface area contributed by atoms with Crippen molar-refractivity contribution in [3.8, 4) is 0 Å². The number of hydrogen-bond donors (Lipinski definition) is 2. The fourth-order valence-electron chi connectivity index (χ4n) is 1.36. The van der Waals surface area contributed by atoms with Crippen molar-refractivity contribution < 1.29 is 9.84 Å². The van der Waals surface area contributed by atoms with Gasteiger partial charge in [-0.3, -0.25) is 0 Å². The van der Waals surface area contributed by atoms with E-state index in [0.717, 1.165) is 11.4 Å². The van der Waals surface area contributed by atoms with E-state index in [9.17, 15) is 5.11 Å². The second kappa shape index (κ2) is 5.82. The zero-order valence-corrected chi connectivity index (χ0v) is 10.2. The van der Waals surface area contributed by atoms with Gasteiger partial charge in [-0.05, 0) is 25.5 Å². The number of nitrogens with zero attached hydrogens (tertiary/aromatic N) is 1. The van der Waals surface area contributed by atoms with E-state index in [0.29, 0.717) is 19.6 Å². The van der Waals surface area contributed by atoms with Crippen molar-refractivity contribution in [1.29, 1.82) is 0 Å². The molecule has 0 fully saturated rings. The SMILES string of the molecule is COCCC(C)(O)CNc1ncccc1C. The van der Waals surface area contributed by atoms with Crippen molar-refractivity contribution >= 4 is 5.82 Å². The van der Waals surface area contributed by atoms with Gasteiger partial charge in [0.25, 0.3) is 0 Å². The number of aliphatic hydroxyl groups is 1. The molecule has 0 aliphatic heterocycles. The van der Waals surface area contributed by atoms with Crippen LogP contribution in [0.15, 0.2) is 18.3 Å². The third kappa shape index (κ3) is 4.16. The number of pyridine rings is 1. The summed E-state index contributed by atoms with van der Waals surface area (Å²) in [5.41, 5.74) is 0.296. The molecule has 1 heterocycles. The summed E-state index contributed by atoms with van der Waals surface area (Å²) in [5, 5.41) is 13.2. The Labute approximate surface area is 96.7 Å². The van der Waals surface area contributed by atoms with Crippen LogP contribution in [0.1, 0.15) is 18.9 Å². The van der Waals surface area contributed by atoms with Crippen molar-refractivity contribution in [2.45, 2.75) is 25.9 Å². The molecule has 0 bridgehead atoms. The van der Waals surface area contributed by atoms with Crippen LogP contribution in [0, 0.1) is 6.92 Å². The van der Waals surface area contributed by atoms with Gasteiger partial charge in [0, 0.05) is 32.9 Å². The molecule has 0 saturated carbocycles. The fourth-order valence-corrected chi connectivity index (χ4v) is 1.36. The first-order chi connectivity index (χ1) is 7.55. The minimum atomic E-state index is -0.778. The quantitative estimate of drug-likeness (QED) is 0.770. The summed E-state index contributed by atoms with van der Waals surface area (Å²) < 4.78 is 4.95. The first-order valence-corrected chi connectivity index (χ1v) is 5.42. The molecule has 4 nitrogen and oxygen atoms in total. The Hall–Kier alpha value is -1.13. The Bertz CT molecular complexity index is 327. The second-order valence-electron chi connectivity index (χ2n) is 4.26. The zero-order valence-electron chi connectivity index (χ0n) is 10.2. The van der Waals surface area contributed by atoms with E-state index in [1.54, 1.807) is 20.2 Å². The molecule has 0 aromatic carbocycles. The number of methoxy groups -OCH3 is 1. The molecule has 0 aliphatic rings. The lowest BCUT2D eigenvalue weighted by Gasteiger charge is -2.23. The lowest BCUT2D eigenvalue weighted by molar-refractivity contribution is 0.0357. The number of aromatic nitrogens is 1. The van der Waals surface area contributed by atoms with E-state index in [1.807, 2.05) is 19.1 Å². The van der Waals surface area contributed by atoms with E-state index >= 15 is 0 Å². The summed E-state index contributed by atoms with van der Waals surface area (Å²) in [5.74, 6) is 0.820. The first kappa shape index (κ1) is 12.9. The van der Waals surface area contributed by atoms with E-state index in [2.05, 4.69) is 10.3 Å². The van der Waals surface area contributed by atoms with Crippen LogP contribution in [-0.2, 0) is 4.74 Å². The van der Waals surface area contributed by atoms with Crippen LogP contribution < -0.4 is 5.32 Å². The largest absolute Gasteiger partial charge is 0.388 e. The highest BCUT2D eigenvalue weighted by atomic mass is 16.5. The third-order valence-electron chi connectivity index (χ3n) is 2.49. The molecule has 1 unspecified atom stereocenters. The fraction of sp³-hybridized carbons (Fsp3) is 0.583. The number of hydrogen-bond acceptors (Lipinski definition) is 4. The van der Waals surface area contributed by atoms with Crippen LogP contribution in [0.5, 0.6) is 0 Å². The Morgan fingerprint density at radius 2 is 2.31 bits per heavy atom. The molecular formula is C12H20N2O2. The average Bonchev–Trinajstić information content (AvgIpc) is 2.26. The summed E-state index contributed by atoms with van der Waals surface area (Å²) in [4.78, 5) is 4.21. The van der Waals surface area contributed by atoms with Crippen LogP contribution in [0.3, 0.4) is 0 Å². The molecule has 1 aromatic rings. The van der Waals surface area contributed by atoms with E-state index in [4.69, 9.17) is 4.74 Å². The average molecular weight is 224 g/mol. The predicted molar refractivity (Wildman–Crippen MR) is 64.6 cm³/mol. The van der Waals surface area contributed by atoms with E-state index in [-0.39, 0.29) is 0 Å². The Kier molecular flexibility index (Phi) is 4.71. The molecule has 1 rings (SSSR count). The highest BCUT2D eigenvalue weighted by Crippen LogP contribution is 2.13. The molecule has 90 valence electrons. The number of aryl methyl sites for hydroxylation is 1. The van der Waals surface area contributed by atoms with Gasteiger partial charge in [0.1, 0.15) is 5.82 Å². The summed E-state index contributed by atoms with van der Waals surface area (Å²) in [7, 11) is 1.63. The molecular weight excluding hydrogens is 204 g/mol. The van der Waals surface area contributed by atoms with Crippen LogP contribution in [0.25, 0.3) is 0 Å². The zero-order chi connectivity index (χ0) is 12.0. The Morgan fingerprint density at radius 3 is 2.94 bits per heavy atom. The van der Waals surface area contributed by atoms with Crippen LogP contribution in [0.2, 0.25) is 0 Å². The van der Waals surface area contributed by atoms with Gasteiger partial charge < -0.3 is 15.2 Å². The minimum absolute atomic E-state index is 0.466. The maximum atomic E-state index is 10.0.